The Morgan fingerprint density at radius 2 is 1.92 bits per heavy atom. The molecule has 3 heterocycles. The molecule has 136 valence electrons. The molecular formula is C20H24ClN4S+. The van der Waals surface area contributed by atoms with E-state index >= 15 is 0 Å². The molecule has 3 aromatic rings. The summed E-state index contributed by atoms with van der Waals surface area (Å²) >= 11 is 7.90. The smallest absolute Gasteiger partial charge is 0.141 e. The summed E-state index contributed by atoms with van der Waals surface area (Å²) in [6.45, 7) is 11.7. The fourth-order valence-corrected chi connectivity index (χ4v) is 4.99. The number of rotatable bonds is 3. The minimum atomic E-state index is 0.822. The van der Waals surface area contributed by atoms with E-state index in [9.17, 15) is 0 Å². The molecule has 0 bridgehead atoms. The molecule has 1 aromatic carbocycles. The van der Waals surface area contributed by atoms with Crippen LogP contribution in [0.4, 0.5) is 5.82 Å². The van der Waals surface area contributed by atoms with Gasteiger partial charge in [-0.1, -0.05) is 23.7 Å². The van der Waals surface area contributed by atoms with Crippen LogP contribution in [-0.2, 0) is 6.54 Å². The highest BCUT2D eigenvalue weighted by molar-refractivity contribution is 7.18. The van der Waals surface area contributed by atoms with Crippen molar-refractivity contribution in [2.75, 3.05) is 31.1 Å². The summed E-state index contributed by atoms with van der Waals surface area (Å²) < 4.78 is 0. The minimum absolute atomic E-state index is 0.822. The second-order valence-corrected chi connectivity index (χ2v) is 8.74. The molecule has 1 aliphatic heterocycles. The maximum absolute atomic E-state index is 6.12. The Morgan fingerprint density at radius 3 is 2.65 bits per heavy atom. The first-order valence-corrected chi connectivity index (χ1v) is 10.3. The lowest BCUT2D eigenvalue weighted by Crippen LogP contribution is -3.13. The highest BCUT2D eigenvalue weighted by Gasteiger charge is 2.24. The van der Waals surface area contributed by atoms with Gasteiger partial charge in [-0.3, -0.25) is 0 Å². The fourth-order valence-electron chi connectivity index (χ4n) is 3.71. The van der Waals surface area contributed by atoms with Gasteiger partial charge in [-0.2, -0.15) is 0 Å². The van der Waals surface area contributed by atoms with Crippen molar-refractivity contribution in [1.29, 1.82) is 0 Å². The molecule has 1 aliphatic rings. The molecule has 4 rings (SSSR count). The van der Waals surface area contributed by atoms with Gasteiger partial charge in [0.15, 0.2) is 0 Å². The maximum Gasteiger partial charge on any atom is 0.141 e. The van der Waals surface area contributed by atoms with Crippen LogP contribution >= 0.6 is 22.9 Å². The van der Waals surface area contributed by atoms with Gasteiger partial charge in [-0.25, -0.2) is 9.97 Å². The average Bonchev–Trinajstić information content (AvgIpc) is 2.89. The number of halogens is 1. The SMILES string of the molecule is Cc1nc(N2CC[NH+](Cc3cccc(Cl)c3)CC2)c2c(C)c(C)sc2n1. The van der Waals surface area contributed by atoms with Crippen molar-refractivity contribution in [1.82, 2.24) is 9.97 Å². The van der Waals surface area contributed by atoms with Gasteiger partial charge in [-0.15, -0.1) is 11.3 Å². The Kier molecular flexibility index (Phi) is 4.86. The zero-order chi connectivity index (χ0) is 18.3. The van der Waals surface area contributed by atoms with Gasteiger partial charge in [0, 0.05) is 15.5 Å². The molecular weight excluding hydrogens is 364 g/mol. The summed E-state index contributed by atoms with van der Waals surface area (Å²) in [6.07, 6.45) is 0. The van der Waals surface area contributed by atoms with Gasteiger partial charge in [-0.05, 0) is 38.5 Å². The number of anilines is 1. The van der Waals surface area contributed by atoms with Crippen molar-refractivity contribution < 1.29 is 4.90 Å². The minimum Gasteiger partial charge on any atom is -0.345 e. The molecule has 26 heavy (non-hydrogen) atoms. The lowest BCUT2D eigenvalue weighted by molar-refractivity contribution is -0.914. The van der Waals surface area contributed by atoms with Crippen molar-refractivity contribution in [3.05, 3.63) is 51.1 Å². The molecule has 2 aromatic heterocycles. The average molecular weight is 388 g/mol. The van der Waals surface area contributed by atoms with E-state index in [4.69, 9.17) is 16.6 Å². The number of thiophene rings is 1. The third-order valence-corrected chi connectivity index (χ3v) is 6.57. The number of benzene rings is 1. The molecule has 0 radical (unpaired) electrons. The van der Waals surface area contributed by atoms with Gasteiger partial charge in [0.25, 0.3) is 0 Å². The molecule has 0 atom stereocenters. The van der Waals surface area contributed by atoms with Crippen LogP contribution in [0.2, 0.25) is 5.02 Å². The largest absolute Gasteiger partial charge is 0.345 e. The van der Waals surface area contributed by atoms with Crippen molar-refractivity contribution in [2.24, 2.45) is 0 Å². The molecule has 4 nitrogen and oxygen atoms in total. The number of quaternary nitrogens is 1. The van der Waals surface area contributed by atoms with E-state index in [2.05, 4.69) is 35.9 Å². The number of aromatic nitrogens is 2. The van der Waals surface area contributed by atoms with E-state index in [1.807, 2.05) is 19.1 Å². The molecule has 1 N–H and O–H groups in total. The van der Waals surface area contributed by atoms with E-state index < -0.39 is 0 Å². The molecule has 1 saturated heterocycles. The molecule has 0 saturated carbocycles. The summed E-state index contributed by atoms with van der Waals surface area (Å²) in [5.74, 6) is 1.98. The number of hydrogen-bond acceptors (Lipinski definition) is 4. The van der Waals surface area contributed by atoms with Crippen LogP contribution in [0.25, 0.3) is 10.2 Å². The van der Waals surface area contributed by atoms with Gasteiger partial charge >= 0.3 is 0 Å². The van der Waals surface area contributed by atoms with Crippen molar-refractivity contribution >= 4 is 39.0 Å². The summed E-state index contributed by atoms with van der Waals surface area (Å²) in [5, 5.41) is 2.07. The first kappa shape index (κ1) is 17.7. The van der Waals surface area contributed by atoms with Gasteiger partial charge in [0.05, 0.1) is 31.6 Å². The van der Waals surface area contributed by atoms with Crippen molar-refractivity contribution in [2.45, 2.75) is 27.3 Å². The second-order valence-electron chi connectivity index (χ2n) is 7.10. The van der Waals surface area contributed by atoms with Crippen molar-refractivity contribution in [3.8, 4) is 0 Å². The van der Waals surface area contributed by atoms with Crippen LogP contribution in [0.5, 0.6) is 0 Å². The van der Waals surface area contributed by atoms with Gasteiger partial charge in [0.2, 0.25) is 0 Å². The highest BCUT2D eigenvalue weighted by Crippen LogP contribution is 2.34. The van der Waals surface area contributed by atoms with E-state index in [-0.39, 0.29) is 0 Å². The topological polar surface area (TPSA) is 33.5 Å². The fraction of sp³-hybridized carbons (Fsp3) is 0.400. The van der Waals surface area contributed by atoms with Crippen LogP contribution in [0, 0.1) is 20.8 Å². The van der Waals surface area contributed by atoms with Gasteiger partial charge < -0.3 is 9.80 Å². The third kappa shape index (κ3) is 3.43. The summed E-state index contributed by atoms with van der Waals surface area (Å²) in [4.78, 5) is 16.0. The molecule has 0 unspecified atom stereocenters. The normalized spacial score (nSPS) is 15.8. The predicted molar refractivity (Wildman–Crippen MR) is 110 cm³/mol. The van der Waals surface area contributed by atoms with Crippen LogP contribution in [0.1, 0.15) is 21.8 Å². The first-order valence-electron chi connectivity index (χ1n) is 9.08. The van der Waals surface area contributed by atoms with E-state index in [1.54, 1.807) is 16.2 Å². The van der Waals surface area contributed by atoms with Gasteiger partial charge in [0.1, 0.15) is 23.0 Å². The standard InChI is InChI=1S/C20H23ClN4S/c1-13-14(2)26-20-18(13)19(22-15(3)23-20)25-9-7-24(8-10-25)12-16-5-4-6-17(21)11-16/h4-6,11H,7-10,12H2,1-3H3/p+1. The number of aryl methyl sites for hydroxylation is 3. The molecule has 0 spiro atoms. The molecule has 0 amide bonds. The highest BCUT2D eigenvalue weighted by atomic mass is 35.5. The van der Waals surface area contributed by atoms with Crippen molar-refractivity contribution in [3.63, 3.8) is 0 Å². The zero-order valence-corrected chi connectivity index (χ0v) is 17.0. The Balaban J connectivity index is 1.52. The number of piperazine rings is 1. The van der Waals surface area contributed by atoms with E-state index in [0.29, 0.717) is 0 Å². The molecule has 6 heteroatoms. The number of nitrogens with one attached hydrogen (secondary N) is 1. The Morgan fingerprint density at radius 1 is 1.15 bits per heavy atom. The molecule has 0 aliphatic carbocycles. The quantitative estimate of drug-likeness (QED) is 0.749. The summed E-state index contributed by atoms with van der Waals surface area (Å²) in [7, 11) is 0. The predicted octanol–water partition coefficient (Wildman–Crippen LogP) is 3.18. The Bertz CT molecular complexity index is 944. The number of hydrogen-bond donors (Lipinski definition) is 1. The van der Waals surface area contributed by atoms with E-state index in [1.165, 1.54) is 21.4 Å². The third-order valence-electron chi connectivity index (χ3n) is 5.23. The first-order chi connectivity index (χ1) is 12.5. The lowest BCUT2D eigenvalue weighted by atomic mass is 10.1. The lowest BCUT2D eigenvalue weighted by Gasteiger charge is -2.33. The maximum atomic E-state index is 6.12. The summed E-state index contributed by atoms with van der Waals surface area (Å²) in [6, 6.07) is 8.22. The monoisotopic (exact) mass is 387 g/mol. The number of nitrogens with zero attached hydrogens (tertiary/aromatic N) is 3. The van der Waals surface area contributed by atoms with Crippen LogP contribution in [-0.4, -0.2) is 36.1 Å². The van der Waals surface area contributed by atoms with Crippen LogP contribution < -0.4 is 9.80 Å². The Labute approximate surface area is 163 Å². The van der Waals surface area contributed by atoms with Crippen LogP contribution in [0.3, 0.4) is 0 Å². The second kappa shape index (κ2) is 7.14. The summed E-state index contributed by atoms with van der Waals surface area (Å²) in [5.41, 5.74) is 2.64. The number of fused-ring (bicyclic) bond motifs is 1. The molecule has 1 fully saturated rings. The van der Waals surface area contributed by atoms with Crippen LogP contribution in [0.15, 0.2) is 24.3 Å². The zero-order valence-electron chi connectivity index (χ0n) is 15.5. The Hall–Kier alpha value is -1.69. The van der Waals surface area contributed by atoms with E-state index in [0.717, 1.165) is 54.2 Å².